The van der Waals surface area contributed by atoms with E-state index in [4.69, 9.17) is 10.5 Å². The lowest BCUT2D eigenvalue weighted by Gasteiger charge is -2.17. The maximum absolute atomic E-state index is 10.2. The number of fused-ring (bicyclic) bond motifs is 2. The molecular formula is C14H15N5O4. The Morgan fingerprint density at radius 1 is 1.13 bits per heavy atom. The predicted molar refractivity (Wildman–Crippen MR) is 80.3 cm³/mol. The third-order valence-corrected chi connectivity index (χ3v) is 4.15. The number of nitrogens with two attached hydrogens (primary N) is 1. The van der Waals surface area contributed by atoms with Crippen LogP contribution in [-0.2, 0) is 4.74 Å². The minimum absolute atomic E-state index is 0.339. The number of aliphatic hydroxyl groups is 3. The largest absolute Gasteiger partial charge is 0.394 e. The van der Waals surface area contributed by atoms with Crippen molar-refractivity contribution >= 4 is 27.8 Å². The van der Waals surface area contributed by atoms with E-state index in [9.17, 15) is 15.3 Å². The fraction of sp³-hybridized carbons (Fsp3) is 0.357. The van der Waals surface area contributed by atoms with E-state index in [0.29, 0.717) is 27.8 Å². The molecule has 1 fully saturated rings. The van der Waals surface area contributed by atoms with Gasteiger partial charge in [-0.05, 0) is 12.1 Å². The van der Waals surface area contributed by atoms with Crippen molar-refractivity contribution in [1.82, 2.24) is 19.5 Å². The van der Waals surface area contributed by atoms with Crippen LogP contribution in [0.25, 0.3) is 21.9 Å². The Morgan fingerprint density at radius 2 is 1.96 bits per heavy atom. The van der Waals surface area contributed by atoms with Gasteiger partial charge in [0, 0.05) is 5.39 Å². The molecule has 1 aliphatic heterocycles. The van der Waals surface area contributed by atoms with Gasteiger partial charge in [0.15, 0.2) is 6.23 Å². The van der Waals surface area contributed by atoms with Gasteiger partial charge in [-0.1, -0.05) is 0 Å². The van der Waals surface area contributed by atoms with E-state index in [2.05, 4.69) is 15.0 Å². The molecule has 0 spiro atoms. The molecule has 9 nitrogen and oxygen atoms in total. The van der Waals surface area contributed by atoms with Gasteiger partial charge in [-0.15, -0.1) is 0 Å². The van der Waals surface area contributed by atoms with Crippen LogP contribution in [0.1, 0.15) is 6.23 Å². The average Bonchev–Trinajstić information content (AvgIpc) is 3.08. The quantitative estimate of drug-likeness (QED) is 0.480. The van der Waals surface area contributed by atoms with E-state index in [1.54, 1.807) is 16.7 Å². The summed E-state index contributed by atoms with van der Waals surface area (Å²) in [5.41, 5.74) is 7.85. The van der Waals surface area contributed by atoms with Crippen molar-refractivity contribution in [3.05, 3.63) is 24.8 Å². The normalized spacial score (nSPS) is 28.0. The highest BCUT2D eigenvalue weighted by Gasteiger charge is 2.43. The Balaban J connectivity index is 1.86. The molecule has 0 amide bonds. The fourth-order valence-electron chi connectivity index (χ4n) is 2.91. The van der Waals surface area contributed by atoms with E-state index >= 15 is 0 Å². The number of hydrogen-bond donors (Lipinski definition) is 4. The summed E-state index contributed by atoms with van der Waals surface area (Å²) in [5.74, 6) is 0.339. The highest BCUT2D eigenvalue weighted by Crippen LogP contribution is 2.33. The van der Waals surface area contributed by atoms with Crippen LogP contribution in [0, 0.1) is 0 Å². The summed E-state index contributed by atoms with van der Waals surface area (Å²) in [6.45, 7) is -0.384. The van der Waals surface area contributed by atoms with Crippen LogP contribution in [0.15, 0.2) is 24.8 Å². The molecule has 1 saturated heterocycles. The maximum Gasteiger partial charge on any atom is 0.164 e. The smallest absolute Gasteiger partial charge is 0.164 e. The first-order valence-electron chi connectivity index (χ1n) is 7.09. The summed E-state index contributed by atoms with van der Waals surface area (Å²) in [6, 6.07) is 3.53. The molecule has 2 aromatic heterocycles. The van der Waals surface area contributed by atoms with Crippen LogP contribution in [-0.4, -0.2) is 59.8 Å². The number of benzene rings is 1. The molecule has 0 radical (unpaired) electrons. The molecule has 3 aromatic rings. The van der Waals surface area contributed by atoms with Crippen molar-refractivity contribution in [2.75, 3.05) is 12.3 Å². The summed E-state index contributed by atoms with van der Waals surface area (Å²) in [4.78, 5) is 12.4. The zero-order valence-electron chi connectivity index (χ0n) is 11.9. The van der Waals surface area contributed by atoms with Crippen LogP contribution in [0.5, 0.6) is 0 Å². The molecule has 4 rings (SSSR count). The van der Waals surface area contributed by atoms with Crippen LogP contribution in [0.2, 0.25) is 0 Å². The lowest BCUT2D eigenvalue weighted by Crippen LogP contribution is -2.33. The van der Waals surface area contributed by atoms with Gasteiger partial charge in [0.25, 0.3) is 0 Å². The second-order valence-corrected chi connectivity index (χ2v) is 5.50. The third kappa shape index (κ3) is 2.05. The molecule has 120 valence electrons. The van der Waals surface area contributed by atoms with E-state index in [-0.39, 0.29) is 6.61 Å². The van der Waals surface area contributed by atoms with Gasteiger partial charge in [0.05, 0.1) is 29.5 Å². The Kier molecular flexibility index (Phi) is 3.16. The number of hydrogen-bond acceptors (Lipinski definition) is 8. The minimum atomic E-state index is -1.18. The minimum Gasteiger partial charge on any atom is -0.394 e. The number of imidazole rings is 1. The highest BCUT2D eigenvalue weighted by atomic mass is 16.6. The fourth-order valence-corrected chi connectivity index (χ4v) is 2.91. The first-order valence-corrected chi connectivity index (χ1v) is 7.09. The zero-order chi connectivity index (χ0) is 16.1. The number of ether oxygens (including phenoxy) is 1. The Labute approximate surface area is 130 Å². The Bertz CT molecular complexity index is 882. The van der Waals surface area contributed by atoms with Crippen LogP contribution in [0.4, 0.5) is 5.82 Å². The average molecular weight is 317 g/mol. The predicted octanol–water partition coefficient (Wildman–Crippen LogP) is -0.827. The molecule has 1 aliphatic rings. The van der Waals surface area contributed by atoms with Crippen molar-refractivity contribution in [3.63, 3.8) is 0 Å². The lowest BCUT2D eigenvalue weighted by atomic mass is 10.1. The van der Waals surface area contributed by atoms with Gasteiger partial charge in [-0.25, -0.2) is 15.0 Å². The molecule has 0 unspecified atom stereocenters. The molecule has 9 heteroatoms. The van der Waals surface area contributed by atoms with Crippen molar-refractivity contribution in [2.24, 2.45) is 0 Å². The Hall–Kier alpha value is -2.33. The lowest BCUT2D eigenvalue weighted by molar-refractivity contribution is -0.0508. The van der Waals surface area contributed by atoms with Gasteiger partial charge < -0.3 is 30.4 Å². The summed E-state index contributed by atoms with van der Waals surface area (Å²) in [5, 5.41) is 29.9. The molecule has 0 saturated carbocycles. The maximum atomic E-state index is 10.2. The van der Waals surface area contributed by atoms with Gasteiger partial charge in [-0.3, -0.25) is 0 Å². The summed E-state index contributed by atoms with van der Waals surface area (Å²) in [7, 11) is 0. The molecule has 3 heterocycles. The van der Waals surface area contributed by atoms with Crippen molar-refractivity contribution < 1.29 is 20.1 Å². The first kappa shape index (κ1) is 14.3. The van der Waals surface area contributed by atoms with E-state index < -0.39 is 24.5 Å². The summed E-state index contributed by atoms with van der Waals surface area (Å²) < 4.78 is 7.14. The number of aliphatic hydroxyl groups excluding tert-OH is 3. The first-order chi connectivity index (χ1) is 11.1. The van der Waals surface area contributed by atoms with Crippen molar-refractivity contribution in [1.29, 1.82) is 0 Å². The van der Waals surface area contributed by atoms with Crippen LogP contribution >= 0.6 is 0 Å². The van der Waals surface area contributed by atoms with Gasteiger partial charge >= 0.3 is 0 Å². The second kappa shape index (κ2) is 5.10. The molecule has 23 heavy (non-hydrogen) atoms. The summed E-state index contributed by atoms with van der Waals surface area (Å²) in [6.07, 6.45) is -1.15. The van der Waals surface area contributed by atoms with Gasteiger partial charge in [0.1, 0.15) is 30.5 Å². The highest BCUT2D eigenvalue weighted by molar-refractivity contribution is 5.97. The molecular weight excluding hydrogens is 302 g/mol. The Morgan fingerprint density at radius 3 is 2.70 bits per heavy atom. The number of anilines is 1. The number of nitrogen functional groups attached to an aromatic ring is 1. The van der Waals surface area contributed by atoms with Crippen molar-refractivity contribution in [3.8, 4) is 0 Å². The topological polar surface area (TPSA) is 140 Å². The molecule has 0 bridgehead atoms. The van der Waals surface area contributed by atoms with E-state index in [1.165, 1.54) is 12.7 Å². The monoisotopic (exact) mass is 317 g/mol. The molecule has 4 atom stereocenters. The third-order valence-electron chi connectivity index (χ3n) is 4.15. The van der Waals surface area contributed by atoms with Crippen LogP contribution < -0.4 is 5.73 Å². The van der Waals surface area contributed by atoms with Gasteiger partial charge in [-0.2, -0.15) is 0 Å². The molecule has 0 aliphatic carbocycles. The SMILES string of the molecule is Nc1ncnc2cc3ncn([C@@H]4O[C@@H](CO)[C@@H](O)[C@H]4O)c3cc12. The zero-order valence-corrected chi connectivity index (χ0v) is 11.9. The standard InChI is InChI=1S/C14H15N5O4/c15-13-6-1-9-8(2-7(6)16-4-17-13)18-5-19(9)14-12(22)11(21)10(3-20)23-14/h1-2,4-5,10-12,14,20-22H,3H2,(H2,15,16,17)/t10-,11+,12+,14+/m0/s1. The number of nitrogens with zero attached hydrogens (tertiary/aromatic N) is 4. The van der Waals surface area contributed by atoms with E-state index in [1.807, 2.05) is 0 Å². The molecule has 1 aromatic carbocycles. The summed E-state index contributed by atoms with van der Waals surface area (Å²) >= 11 is 0. The van der Waals surface area contributed by atoms with Gasteiger partial charge in [0.2, 0.25) is 0 Å². The molecule has 5 N–H and O–H groups in total. The van der Waals surface area contributed by atoms with Crippen LogP contribution in [0.3, 0.4) is 0 Å². The number of rotatable bonds is 2. The van der Waals surface area contributed by atoms with E-state index in [0.717, 1.165) is 0 Å². The second-order valence-electron chi connectivity index (χ2n) is 5.50. The van der Waals surface area contributed by atoms with Crippen molar-refractivity contribution in [2.45, 2.75) is 24.5 Å². The number of aromatic nitrogens is 4.